The first-order valence-corrected chi connectivity index (χ1v) is 8.99. The molecule has 1 heterocycles. The quantitative estimate of drug-likeness (QED) is 0.759. The third kappa shape index (κ3) is 4.52. The van der Waals surface area contributed by atoms with Gasteiger partial charge in [-0.1, -0.05) is 13.8 Å². The molecule has 6 nitrogen and oxygen atoms in total. The molecule has 0 unspecified atom stereocenters. The van der Waals surface area contributed by atoms with Crippen molar-refractivity contribution in [3.8, 4) is 0 Å². The molecule has 0 atom stereocenters. The molecule has 0 aliphatic heterocycles. The largest absolute Gasteiger partial charge is 0.313 e. The Morgan fingerprint density at radius 3 is 2.67 bits per heavy atom. The lowest BCUT2D eigenvalue weighted by Crippen LogP contribution is -2.44. The number of nitrogens with zero attached hydrogens (tertiary/aromatic N) is 2. The first kappa shape index (κ1) is 16.5. The van der Waals surface area contributed by atoms with E-state index in [4.69, 9.17) is 0 Å². The Balaban J connectivity index is 1.98. The summed E-state index contributed by atoms with van der Waals surface area (Å²) in [4.78, 5) is 0.237. The van der Waals surface area contributed by atoms with Crippen molar-refractivity contribution in [3.05, 3.63) is 12.4 Å². The molecule has 120 valence electrons. The Morgan fingerprint density at radius 1 is 1.43 bits per heavy atom. The van der Waals surface area contributed by atoms with E-state index in [1.165, 1.54) is 6.20 Å². The smallest absolute Gasteiger partial charge is 0.244 e. The molecule has 0 saturated heterocycles. The van der Waals surface area contributed by atoms with Gasteiger partial charge in [0.15, 0.2) is 0 Å². The highest BCUT2D eigenvalue weighted by molar-refractivity contribution is 7.89. The zero-order chi connectivity index (χ0) is 15.7. The molecule has 1 saturated carbocycles. The molecule has 0 aromatic carbocycles. The summed E-state index contributed by atoms with van der Waals surface area (Å²) >= 11 is 0. The highest BCUT2D eigenvalue weighted by Crippen LogP contribution is 2.39. The van der Waals surface area contributed by atoms with Crippen LogP contribution in [0.1, 0.15) is 40.5 Å². The van der Waals surface area contributed by atoms with E-state index in [1.54, 1.807) is 10.9 Å². The van der Waals surface area contributed by atoms with Crippen molar-refractivity contribution in [2.75, 3.05) is 6.54 Å². The van der Waals surface area contributed by atoms with Gasteiger partial charge < -0.3 is 5.32 Å². The fourth-order valence-electron chi connectivity index (χ4n) is 2.37. The van der Waals surface area contributed by atoms with Crippen molar-refractivity contribution < 1.29 is 8.42 Å². The highest BCUT2D eigenvalue weighted by Gasteiger charge is 2.40. The summed E-state index contributed by atoms with van der Waals surface area (Å²) in [6.07, 6.45) is 5.19. The van der Waals surface area contributed by atoms with E-state index in [-0.39, 0.29) is 10.4 Å². The van der Waals surface area contributed by atoms with Crippen LogP contribution in [0.15, 0.2) is 17.3 Å². The predicted molar refractivity (Wildman–Crippen MR) is 82.5 cm³/mol. The molecule has 0 amide bonds. The van der Waals surface area contributed by atoms with E-state index in [0.29, 0.717) is 18.5 Å². The second kappa shape index (κ2) is 6.06. The molecule has 2 N–H and O–H groups in total. The van der Waals surface area contributed by atoms with Gasteiger partial charge in [0.25, 0.3) is 0 Å². The molecular weight excluding hydrogens is 288 g/mol. The SMILES string of the molecule is CC(C)NCCn1cc(S(=O)(=O)NC(C)(C)C2CC2)cn1. The average Bonchev–Trinajstić information content (AvgIpc) is 3.09. The van der Waals surface area contributed by atoms with E-state index >= 15 is 0 Å². The van der Waals surface area contributed by atoms with Gasteiger partial charge in [-0.25, -0.2) is 13.1 Å². The fraction of sp³-hybridized carbons (Fsp3) is 0.786. The van der Waals surface area contributed by atoms with Gasteiger partial charge in [0.05, 0.1) is 12.7 Å². The zero-order valence-electron chi connectivity index (χ0n) is 13.3. The van der Waals surface area contributed by atoms with Gasteiger partial charge in [-0.3, -0.25) is 4.68 Å². The van der Waals surface area contributed by atoms with Crippen LogP contribution in [0.25, 0.3) is 0 Å². The fourth-order valence-corrected chi connectivity index (χ4v) is 3.79. The van der Waals surface area contributed by atoms with Crippen LogP contribution in [0.2, 0.25) is 0 Å². The first-order valence-electron chi connectivity index (χ1n) is 7.50. The molecule has 0 bridgehead atoms. The predicted octanol–water partition coefficient (Wildman–Crippen LogP) is 1.35. The number of rotatable bonds is 8. The lowest BCUT2D eigenvalue weighted by Gasteiger charge is -2.25. The van der Waals surface area contributed by atoms with Crippen LogP contribution in [0.3, 0.4) is 0 Å². The van der Waals surface area contributed by atoms with Gasteiger partial charge in [0.1, 0.15) is 4.90 Å². The van der Waals surface area contributed by atoms with Crippen LogP contribution in [0.4, 0.5) is 0 Å². The summed E-state index contributed by atoms with van der Waals surface area (Å²) in [5.74, 6) is 0.442. The maximum Gasteiger partial charge on any atom is 0.244 e. The number of hydrogen-bond acceptors (Lipinski definition) is 4. The molecule has 1 aliphatic carbocycles. The van der Waals surface area contributed by atoms with Gasteiger partial charge in [-0.05, 0) is 32.6 Å². The van der Waals surface area contributed by atoms with Crippen LogP contribution in [-0.4, -0.2) is 36.3 Å². The molecule has 21 heavy (non-hydrogen) atoms. The topological polar surface area (TPSA) is 76.0 Å². The summed E-state index contributed by atoms with van der Waals surface area (Å²) < 4.78 is 29.3. The molecular formula is C14H26N4O2S. The number of nitrogens with one attached hydrogen (secondary N) is 2. The van der Waals surface area contributed by atoms with Gasteiger partial charge in [0.2, 0.25) is 10.0 Å². The summed E-state index contributed by atoms with van der Waals surface area (Å²) in [6, 6.07) is 0.407. The van der Waals surface area contributed by atoms with E-state index in [1.807, 2.05) is 13.8 Å². The molecule has 1 fully saturated rings. The third-order valence-corrected chi connectivity index (χ3v) is 5.43. The highest BCUT2D eigenvalue weighted by atomic mass is 32.2. The monoisotopic (exact) mass is 314 g/mol. The van der Waals surface area contributed by atoms with E-state index in [2.05, 4.69) is 29.0 Å². The van der Waals surface area contributed by atoms with Crippen molar-refractivity contribution >= 4 is 10.0 Å². The summed E-state index contributed by atoms with van der Waals surface area (Å²) in [5, 5.41) is 7.40. The van der Waals surface area contributed by atoms with Crippen LogP contribution in [0.5, 0.6) is 0 Å². The molecule has 0 radical (unpaired) electrons. The summed E-state index contributed by atoms with van der Waals surface area (Å²) in [7, 11) is -3.50. The van der Waals surface area contributed by atoms with Crippen molar-refractivity contribution in [3.63, 3.8) is 0 Å². The number of hydrogen-bond donors (Lipinski definition) is 2. The normalized spacial score (nSPS) is 16.6. The first-order chi connectivity index (χ1) is 9.71. The number of sulfonamides is 1. The molecule has 1 aromatic heterocycles. The molecule has 2 rings (SSSR count). The Labute approximate surface area is 127 Å². The number of aromatic nitrogens is 2. The summed E-state index contributed by atoms with van der Waals surface area (Å²) in [5.41, 5.74) is -0.389. The van der Waals surface area contributed by atoms with Gasteiger partial charge in [-0.2, -0.15) is 5.10 Å². The van der Waals surface area contributed by atoms with Crippen LogP contribution in [-0.2, 0) is 16.6 Å². The second-order valence-corrected chi connectivity index (χ2v) is 8.33. The van der Waals surface area contributed by atoms with Crippen molar-refractivity contribution in [1.29, 1.82) is 0 Å². The minimum atomic E-state index is -3.50. The molecule has 1 aliphatic rings. The molecule has 0 spiro atoms. The van der Waals surface area contributed by atoms with Gasteiger partial charge in [-0.15, -0.1) is 0 Å². The van der Waals surface area contributed by atoms with E-state index in [9.17, 15) is 8.42 Å². The van der Waals surface area contributed by atoms with Crippen LogP contribution >= 0.6 is 0 Å². The van der Waals surface area contributed by atoms with Crippen LogP contribution < -0.4 is 10.0 Å². The Bertz CT molecular complexity index is 574. The molecule has 7 heteroatoms. The van der Waals surface area contributed by atoms with Gasteiger partial charge >= 0.3 is 0 Å². The van der Waals surface area contributed by atoms with Crippen molar-refractivity contribution in [2.24, 2.45) is 5.92 Å². The summed E-state index contributed by atoms with van der Waals surface area (Å²) in [6.45, 7) is 9.45. The average molecular weight is 314 g/mol. The van der Waals surface area contributed by atoms with Crippen molar-refractivity contribution in [2.45, 2.75) is 63.6 Å². The Morgan fingerprint density at radius 2 is 2.10 bits per heavy atom. The lowest BCUT2D eigenvalue weighted by molar-refractivity contribution is 0.400. The van der Waals surface area contributed by atoms with Crippen molar-refractivity contribution in [1.82, 2.24) is 19.8 Å². The Hall–Kier alpha value is -0.920. The van der Waals surface area contributed by atoms with E-state index in [0.717, 1.165) is 19.4 Å². The zero-order valence-corrected chi connectivity index (χ0v) is 14.1. The van der Waals surface area contributed by atoms with E-state index < -0.39 is 10.0 Å². The Kier molecular flexibility index (Phi) is 4.75. The maximum atomic E-state index is 12.4. The third-order valence-electron chi connectivity index (χ3n) is 3.81. The maximum absolute atomic E-state index is 12.4. The van der Waals surface area contributed by atoms with Gasteiger partial charge in [0, 0.05) is 24.3 Å². The second-order valence-electron chi connectivity index (χ2n) is 6.65. The lowest BCUT2D eigenvalue weighted by atomic mass is 10.0. The van der Waals surface area contributed by atoms with Crippen LogP contribution in [0, 0.1) is 5.92 Å². The standard InChI is InChI=1S/C14H26N4O2S/c1-11(2)15-7-8-18-10-13(9-16-18)21(19,20)17-14(3,4)12-5-6-12/h9-12,15,17H,5-8H2,1-4H3. The minimum Gasteiger partial charge on any atom is -0.313 e. The molecule has 1 aromatic rings. The minimum absolute atomic E-state index is 0.237.